The summed E-state index contributed by atoms with van der Waals surface area (Å²) < 4.78 is 0. The molecule has 1 saturated heterocycles. The highest BCUT2D eigenvalue weighted by Gasteiger charge is 2.21. The fourth-order valence-electron chi connectivity index (χ4n) is 2.22. The van der Waals surface area contributed by atoms with Crippen LogP contribution in [0.2, 0.25) is 0 Å². The highest BCUT2D eigenvalue weighted by Crippen LogP contribution is 2.10. The molecular formula is C14H17N3O2. The minimum Gasteiger partial charge on any atom is -0.395 e. The van der Waals surface area contributed by atoms with Gasteiger partial charge in [-0.2, -0.15) is 5.26 Å². The molecule has 2 rings (SSSR count). The van der Waals surface area contributed by atoms with Crippen LogP contribution in [0.25, 0.3) is 0 Å². The smallest absolute Gasteiger partial charge is 0.253 e. The fraction of sp³-hybridized carbons (Fsp3) is 0.429. The first-order valence-corrected chi connectivity index (χ1v) is 6.37. The number of piperazine rings is 1. The molecule has 0 aliphatic carbocycles. The first kappa shape index (κ1) is 13.5. The second-order valence-electron chi connectivity index (χ2n) is 4.55. The molecule has 0 radical (unpaired) electrons. The normalized spacial score (nSPS) is 16.1. The highest BCUT2D eigenvalue weighted by molar-refractivity contribution is 5.94. The van der Waals surface area contributed by atoms with Crippen LogP contribution in [0.3, 0.4) is 0 Å². The van der Waals surface area contributed by atoms with Gasteiger partial charge in [0.2, 0.25) is 0 Å². The van der Waals surface area contributed by atoms with Crippen molar-refractivity contribution in [2.75, 3.05) is 39.3 Å². The van der Waals surface area contributed by atoms with Crippen molar-refractivity contribution >= 4 is 5.91 Å². The molecule has 1 aliphatic rings. The Morgan fingerprint density at radius 2 is 2.05 bits per heavy atom. The van der Waals surface area contributed by atoms with Crippen molar-refractivity contribution in [1.82, 2.24) is 9.80 Å². The molecule has 5 heteroatoms. The number of β-amino-alcohol motifs (C(OH)–C–C–N with tert-alkyl or cyclic N) is 1. The lowest BCUT2D eigenvalue weighted by atomic mass is 10.1. The van der Waals surface area contributed by atoms with Crippen LogP contribution in [0, 0.1) is 11.3 Å². The van der Waals surface area contributed by atoms with Gasteiger partial charge in [0.25, 0.3) is 5.91 Å². The zero-order valence-electron chi connectivity index (χ0n) is 10.7. The molecule has 0 unspecified atom stereocenters. The lowest BCUT2D eigenvalue weighted by molar-refractivity contribution is 0.0615. The van der Waals surface area contributed by atoms with Gasteiger partial charge in [-0.1, -0.05) is 6.07 Å². The molecule has 0 aromatic heterocycles. The molecule has 1 heterocycles. The van der Waals surface area contributed by atoms with Gasteiger partial charge in [0, 0.05) is 38.3 Å². The van der Waals surface area contributed by atoms with Crippen LogP contribution < -0.4 is 0 Å². The SMILES string of the molecule is N#Cc1cccc(C(=O)N2CCN(CCO)CC2)c1. The summed E-state index contributed by atoms with van der Waals surface area (Å²) in [5.74, 6) is -0.0271. The zero-order chi connectivity index (χ0) is 13.7. The summed E-state index contributed by atoms with van der Waals surface area (Å²) in [5, 5.41) is 17.7. The topological polar surface area (TPSA) is 67.6 Å². The third-order valence-corrected chi connectivity index (χ3v) is 3.31. The minimum absolute atomic E-state index is 0.0271. The van der Waals surface area contributed by atoms with E-state index >= 15 is 0 Å². The van der Waals surface area contributed by atoms with E-state index < -0.39 is 0 Å². The molecule has 1 fully saturated rings. The van der Waals surface area contributed by atoms with Crippen LogP contribution in [0.1, 0.15) is 15.9 Å². The summed E-state index contributed by atoms with van der Waals surface area (Å²) >= 11 is 0. The number of rotatable bonds is 3. The summed E-state index contributed by atoms with van der Waals surface area (Å²) in [7, 11) is 0. The molecule has 0 spiro atoms. The lowest BCUT2D eigenvalue weighted by Crippen LogP contribution is -2.49. The van der Waals surface area contributed by atoms with Crippen molar-refractivity contribution in [3.8, 4) is 6.07 Å². The third kappa shape index (κ3) is 3.31. The summed E-state index contributed by atoms with van der Waals surface area (Å²) in [6.45, 7) is 3.70. The maximum Gasteiger partial charge on any atom is 0.253 e. The van der Waals surface area contributed by atoms with Crippen LogP contribution in [0.5, 0.6) is 0 Å². The van der Waals surface area contributed by atoms with Gasteiger partial charge in [-0.25, -0.2) is 0 Å². The Labute approximate surface area is 112 Å². The monoisotopic (exact) mass is 259 g/mol. The fourth-order valence-corrected chi connectivity index (χ4v) is 2.22. The maximum absolute atomic E-state index is 12.3. The Balaban J connectivity index is 1.99. The van der Waals surface area contributed by atoms with E-state index in [-0.39, 0.29) is 12.5 Å². The molecule has 1 aromatic carbocycles. The quantitative estimate of drug-likeness (QED) is 0.848. The largest absolute Gasteiger partial charge is 0.395 e. The number of carbonyl (C=O) groups is 1. The molecule has 0 saturated carbocycles. The molecule has 1 aliphatic heterocycles. The van der Waals surface area contributed by atoms with E-state index in [1.165, 1.54) is 0 Å². The first-order valence-electron chi connectivity index (χ1n) is 6.37. The van der Waals surface area contributed by atoms with Gasteiger partial charge >= 0.3 is 0 Å². The van der Waals surface area contributed by atoms with Gasteiger partial charge in [-0.15, -0.1) is 0 Å². The van der Waals surface area contributed by atoms with E-state index in [4.69, 9.17) is 10.4 Å². The van der Waals surface area contributed by atoms with Gasteiger partial charge in [-0.3, -0.25) is 9.69 Å². The van der Waals surface area contributed by atoms with Crippen molar-refractivity contribution < 1.29 is 9.90 Å². The Hall–Kier alpha value is -1.90. The van der Waals surface area contributed by atoms with Crippen molar-refractivity contribution in [3.05, 3.63) is 35.4 Å². The van der Waals surface area contributed by atoms with Crippen molar-refractivity contribution in [2.24, 2.45) is 0 Å². The number of amides is 1. The maximum atomic E-state index is 12.3. The third-order valence-electron chi connectivity index (χ3n) is 3.31. The molecule has 0 bridgehead atoms. The van der Waals surface area contributed by atoms with Crippen molar-refractivity contribution in [2.45, 2.75) is 0 Å². The number of benzene rings is 1. The summed E-state index contributed by atoms with van der Waals surface area (Å²) in [6.07, 6.45) is 0. The highest BCUT2D eigenvalue weighted by atomic mass is 16.3. The van der Waals surface area contributed by atoms with E-state index in [1.807, 2.05) is 6.07 Å². The number of hydrogen-bond donors (Lipinski definition) is 1. The van der Waals surface area contributed by atoms with Gasteiger partial charge in [0.15, 0.2) is 0 Å². The van der Waals surface area contributed by atoms with Gasteiger partial charge in [0.05, 0.1) is 18.2 Å². The second-order valence-corrected chi connectivity index (χ2v) is 4.55. The molecule has 1 aromatic rings. The molecular weight excluding hydrogens is 242 g/mol. The number of nitrogens with zero attached hydrogens (tertiary/aromatic N) is 3. The zero-order valence-corrected chi connectivity index (χ0v) is 10.7. The Morgan fingerprint density at radius 1 is 1.32 bits per heavy atom. The first-order chi connectivity index (χ1) is 9.24. The standard InChI is InChI=1S/C14H17N3O2/c15-11-12-2-1-3-13(10-12)14(19)17-6-4-16(5-7-17)8-9-18/h1-3,10,18H,4-9H2. The van der Waals surface area contributed by atoms with Gasteiger partial charge in [-0.05, 0) is 18.2 Å². The van der Waals surface area contributed by atoms with E-state index in [1.54, 1.807) is 29.2 Å². The molecule has 1 amide bonds. The number of nitriles is 1. The van der Waals surface area contributed by atoms with E-state index in [0.29, 0.717) is 30.8 Å². The van der Waals surface area contributed by atoms with Gasteiger partial charge < -0.3 is 10.0 Å². The molecule has 1 N–H and O–H groups in total. The molecule has 100 valence electrons. The average molecular weight is 259 g/mol. The van der Waals surface area contributed by atoms with Crippen molar-refractivity contribution in [1.29, 1.82) is 5.26 Å². The van der Waals surface area contributed by atoms with Crippen LogP contribution in [0.15, 0.2) is 24.3 Å². The Bertz CT molecular complexity index is 488. The second kappa shape index (κ2) is 6.32. The van der Waals surface area contributed by atoms with E-state index in [0.717, 1.165) is 13.1 Å². The predicted molar refractivity (Wildman–Crippen MR) is 70.6 cm³/mol. The van der Waals surface area contributed by atoms with E-state index in [2.05, 4.69) is 4.90 Å². The van der Waals surface area contributed by atoms with Crippen molar-refractivity contribution in [3.63, 3.8) is 0 Å². The van der Waals surface area contributed by atoms with Crippen LogP contribution in [-0.4, -0.2) is 60.1 Å². The van der Waals surface area contributed by atoms with Crippen LogP contribution >= 0.6 is 0 Å². The molecule has 19 heavy (non-hydrogen) atoms. The minimum atomic E-state index is -0.0271. The molecule has 5 nitrogen and oxygen atoms in total. The average Bonchev–Trinajstić information content (AvgIpc) is 2.48. The summed E-state index contributed by atoms with van der Waals surface area (Å²) in [5.41, 5.74) is 1.07. The number of carbonyl (C=O) groups excluding carboxylic acids is 1. The number of hydrogen-bond acceptors (Lipinski definition) is 4. The number of aliphatic hydroxyl groups excluding tert-OH is 1. The molecule has 0 atom stereocenters. The van der Waals surface area contributed by atoms with Crippen LogP contribution in [0.4, 0.5) is 0 Å². The predicted octanol–water partition coefficient (Wildman–Crippen LogP) is 0.308. The Morgan fingerprint density at radius 3 is 2.68 bits per heavy atom. The summed E-state index contributed by atoms with van der Waals surface area (Å²) in [4.78, 5) is 16.2. The lowest BCUT2D eigenvalue weighted by Gasteiger charge is -2.34. The van der Waals surface area contributed by atoms with E-state index in [9.17, 15) is 4.79 Å². The summed E-state index contributed by atoms with van der Waals surface area (Å²) in [6, 6.07) is 8.83. The Kier molecular flexibility index (Phi) is 4.50. The number of aliphatic hydroxyl groups is 1. The van der Waals surface area contributed by atoms with Gasteiger partial charge in [0.1, 0.15) is 0 Å². The van der Waals surface area contributed by atoms with Crippen LogP contribution in [-0.2, 0) is 0 Å².